The van der Waals surface area contributed by atoms with Crippen LogP contribution < -0.4 is 5.43 Å². The molecule has 1 N–H and O–H groups in total. The number of nitrogens with one attached hydrogen (secondary N) is 1. The molecular weight excluding hydrogens is 255 g/mol. The molecule has 0 bridgehead atoms. The fourth-order valence-electron chi connectivity index (χ4n) is 0.877. The van der Waals surface area contributed by atoms with Crippen LogP contribution in [0.5, 0.6) is 0 Å². The van der Waals surface area contributed by atoms with Crippen molar-refractivity contribution in [2.45, 2.75) is 0 Å². The highest BCUT2D eigenvalue weighted by molar-refractivity contribution is 14.2. The Kier molecular flexibility index (Phi) is 1.69. The van der Waals surface area contributed by atoms with Crippen molar-refractivity contribution >= 4 is 33.0 Å². The molecule has 1 aliphatic heterocycles. The molecule has 0 aromatic heterocycles. The van der Waals surface area contributed by atoms with Gasteiger partial charge >= 0.3 is 0 Å². The summed E-state index contributed by atoms with van der Waals surface area (Å²) < 4.78 is 5.27. The van der Waals surface area contributed by atoms with Crippen LogP contribution in [0.2, 0.25) is 0 Å². The summed E-state index contributed by atoms with van der Waals surface area (Å²) >= 11 is -0.245. The predicted molar refractivity (Wildman–Crippen MR) is 50.6 cm³/mol. The van der Waals surface area contributed by atoms with Gasteiger partial charge in [-0.15, -0.1) is 3.25 Å². The van der Waals surface area contributed by atoms with Crippen LogP contribution in [0, 0.1) is 3.57 Å². The fraction of sp³-hybridized carbons (Fsp3) is 0. The number of anilines is 1. The van der Waals surface area contributed by atoms with E-state index in [0.717, 1.165) is 17.5 Å². The van der Waals surface area contributed by atoms with Crippen molar-refractivity contribution < 1.29 is 4.79 Å². The number of aldehydes is 1. The summed E-state index contributed by atoms with van der Waals surface area (Å²) in [7, 11) is 0. The van der Waals surface area contributed by atoms with Crippen LogP contribution in [0.25, 0.3) is 0 Å². The molecule has 1 aromatic rings. The highest BCUT2D eigenvalue weighted by Gasteiger charge is 2.05. The largest absolute Gasteiger partial charge is 0.298 e. The number of carbonyl (C=O) groups excluding carboxylic acids is 1. The summed E-state index contributed by atoms with van der Waals surface area (Å²) in [5.74, 6) is 0. The van der Waals surface area contributed by atoms with E-state index in [1.165, 1.54) is 3.57 Å². The third-order valence-corrected chi connectivity index (χ3v) is 3.32. The molecule has 11 heavy (non-hydrogen) atoms. The van der Waals surface area contributed by atoms with Crippen molar-refractivity contribution in [2.75, 3.05) is 5.43 Å². The molecule has 0 fully saturated rings. The minimum atomic E-state index is -0.245. The standard InChI is InChI=1S/C7H5IN2O/c11-4-5-1-2-7-6(3-5)8-10-9-7/h1-4,9H. The number of nitrogens with zero attached hydrogens (tertiary/aromatic N) is 1. The predicted octanol–water partition coefficient (Wildman–Crippen LogP) is 2.16. The zero-order chi connectivity index (χ0) is 7.68. The van der Waals surface area contributed by atoms with Gasteiger partial charge in [-0.25, -0.2) is 0 Å². The van der Waals surface area contributed by atoms with E-state index in [1.54, 1.807) is 6.07 Å². The van der Waals surface area contributed by atoms with Crippen LogP contribution in [0.15, 0.2) is 21.5 Å². The van der Waals surface area contributed by atoms with E-state index in [0.29, 0.717) is 0 Å². The van der Waals surface area contributed by atoms with Gasteiger partial charge < -0.3 is 0 Å². The van der Waals surface area contributed by atoms with E-state index >= 15 is 0 Å². The first-order valence-electron chi connectivity index (χ1n) is 3.09. The van der Waals surface area contributed by atoms with Gasteiger partial charge in [0.25, 0.3) is 0 Å². The van der Waals surface area contributed by atoms with E-state index in [-0.39, 0.29) is 21.0 Å². The molecule has 1 heterocycles. The highest BCUT2D eigenvalue weighted by atomic mass is 127. The number of hydrogen-bond acceptors (Lipinski definition) is 3. The normalized spacial score (nSPS) is 13.1. The van der Waals surface area contributed by atoms with Gasteiger partial charge in [-0.05, 0) is 18.2 Å². The van der Waals surface area contributed by atoms with E-state index in [9.17, 15) is 4.79 Å². The third-order valence-electron chi connectivity index (χ3n) is 1.43. The Bertz CT molecular complexity index is 335. The fourth-order valence-corrected chi connectivity index (χ4v) is 2.58. The molecule has 3 nitrogen and oxygen atoms in total. The van der Waals surface area contributed by atoms with E-state index in [2.05, 4.69) is 8.68 Å². The minimum absolute atomic E-state index is 0.245. The molecule has 4 heteroatoms. The number of carbonyl (C=O) groups is 1. The van der Waals surface area contributed by atoms with Crippen molar-refractivity contribution in [3.05, 3.63) is 27.3 Å². The van der Waals surface area contributed by atoms with Crippen molar-refractivity contribution in [1.82, 2.24) is 0 Å². The number of fused-ring (bicyclic) bond motifs is 1. The molecular formula is C7H5IN2O. The van der Waals surface area contributed by atoms with Gasteiger partial charge in [0, 0.05) is 5.56 Å². The molecule has 0 aliphatic carbocycles. The number of hydrogen-bond donors (Lipinski definition) is 1. The first kappa shape index (κ1) is 6.90. The monoisotopic (exact) mass is 260 g/mol. The van der Waals surface area contributed by atoms with Gasteiger partial charge in [0.2, 0.25) is 0 Å². The van der Waals surface area contributed by atoms with Gasteiger partial charge in [-0.3, -0.25) is 10.2 Å². The van der Waals surface area contributed by atoms with Crippen LogP contribution in [-0.2, 0) is 0 Å². The summed E-state index contributed by atoms with van der Waals surface area (Å²) in [5, 5.41) is 0. The Morgan fingerprint density at radius 1 is 1.55 bits per heavy atom. The van der Waals surface area contributed by atoms with Crippen molar-refractivity contribution in [3.8, 4) is 0 Å². The van der Waals surface area contributed by atoms with E-state index in [1.807, 2.05) is 12.1 Å². The first-order chi connectivity index (χ1) is 5.40. The Morgan fingerprint density at radius 2 is 2.45 bits per heavy atom. The van der Waals surface area contributed by atoms with Crippen LogP contribution in [0.1, 0.15) is 10.4 Å². The lowest BCUT2D eigenvalue weighted by Gasteiger charge is -1.95. The zero-order valence-corrected chi connectivity index (χ0v) is 7.70. The van der Waals surface area contributed by atoms with Crippen molar-refractivity contribution in [1.29, 1.82) is 0 Å². The van der Waals surface area contributed by atoms with E-state index in [4.69, 9.17) is 0 Å². The maximum Gasteiger partial charge on any atom is 0.150 e. The molecule has 0 amide bonds. The van der Waals surface area contributed by atoms with Crippen LogP contribution in [-0.4, -0.2) is 6.29 Å². The van der Waals surface area contributed by atoms with Crippen LogP contribution in [0.3, 0.4) is 0 Å². The maximum absolute atomic E-state index is 10.4. The molecule has 0 spiro atoms. The van der Waals surface area contributed by atoms with Gasteiger partial charge in [-0.1, -0.05) is 0 Å². The number of rotatable bonds is 1. The zero-order valence-electron chi connectivity index (χ0n) is 5.54. The molecule has 1 aliphatic rings. The number of benzene rings is 1. The molecule has 0 atom stereocenters. The average molecular weight is 260 g/mol. The molecule has 1 aromatic carbocycles. The smallest absolute Gasteiger partial charge is 0.150 e. The maximum atomic E-state index is 10.4. The molecule has 56 valence electrons. The molecule has 0 saturated heterocycles. The van der Waals surface area contributed by atoms with E-state index < -0.39 is 0 Å². The molecule has 0 unspecified atom stereocenters. The van der Waals surface area contributed by atoms with Gasteiger partial charge in [0.05, 0.1) is 30.3 Å². The SMILES string of the molecule is O=Cc1ccc2c(c1)I=NN2. The summed E-state index contributed by atoms with van der Waals surface area (Å²) in [6, 6.07) is 5.60. The van der Waals surface area contributed by atoms with Crippen molar-refractivity contribution in [3.63, 3.8) is 0 Å². The minimum Gasteiger partial charge on any atom is -0.298 e. The summed E-state index contributed by atoms with van der Waals surface area (Å²) in [6.07, 6.45) is 0.863. The average Bonchev–Trinajstić information content (AvgIpc) is 2.50. The second kappa shape index (κ2) is 2.69. The van der Waals surface area contributed by atoms with Crippen molar-refractivity contribution in [2.24, 2.45) is 3.25 Å². The van der Waals surface area contributed by atoms with Gasteiger partial charge in [-0.2, -0.15) is 0 Å². The van der Waals surface area contributed by atoms with Gasteiger partial charge in [0.1, 0.15) is 6.29 Å². The number of halogens is 1. The lowest BCUT2D eigenvalue weighted by Crippen LogP contribution is -1.86. The molecule has 0 radical (unpaired) electrons. The summed E-state index contributed by atoms with van der Waals surface area (Å²) in [5.41, 5.74) is 4.71. The summed E-state index contributed by atoms with van der Waals surface area (Å²) in [4.78, 5) is 10.4. The second-order valence-electron chi connectivity index (χ2n) is 2.14. The van der Waals surface area contributed by atoms with Crippen LogP contribution >= 0.6 is 21.0 Å². The lowest BCUT2D eigenvalue weighted by atomic mass is 10.2. The third kappa shape index (κ3) is 1.18. The Hall–Kier alpha value is -0.780. The highest BCUT2D eigenvalue weighted by Crippen LogP contribution is 2.29. The Morgan fingerprint density at radius 3 is 3.27 bits per heavy atom. The second-order valence-corrected chi connectivity index (χ2v) is 4.27. The molecule has 2 rings (SSSR count). The quantitative estimate of drug-likeness (QED) is 0.621. The topological polar surface area (TPSA) is 41.5 Å². The van der Waals surface area contributed by atoms with Crippen LogP contribution in [0.4, 0.5) is 5.69 Å². The Labute approximate surface area is 73.9 Å². The first-order valence-corrected chi connectivity index (χ1v) is 5.14. The Balaban J connectivity index is 2.55. The molecule has 0 saturated carbocycles. The van der Waals surface area contributed by atoms with Gasteiger partial charge in [0.15, 0.2) is 0 Å². The lowest BCUT2D eigenvalue weighted by molar-refractivity contribution is 0.112. The summed E-state index contributed by atoms with van der Waals surface area (Å²) in [6.45, 7) is 0.